The number of hydrazone groups is 1. The van der Waals surface area contributed by atoms with Crippen LogP contribution in [0.15, 0.2) is 64.1 Å². The summed E-state index contributed by atoms with van der Waals surface area (Å²) in [5, 5.41) is 13.6. The average molecular weight is 417 g/mol. The number of rotatable bonds is 6. The van der Waals surface area contributed by atoms with Gasteiger partial charge in [0.1, 0.15) is 11.5 Å². The zero-order valence-electron chi connectivity index (χ0n) is 14.4. The number of hydrogen-bond donors (Lipinski definition) is 2. The smallest absolute Gasteiger partial charge is 0.337 e. The van der Waals surface area contributed by atoms with E-state index < -0.39 is 5.97 Å². The van der Waals surface area contributed by atoms with Gasteiger partial charge in [0.15, 0.2) is 0 Å². The van der Waals surface area contributed by atoms with E-state index in [2.05, 4.69) is 10.5 Å². The van der Waals surface area contributed by atoms with Gasteiger partial charge in [-0.3, -0.25) is 4.79 Å². The molecule has 2 aromatic carbocycles. The number of hydrogen-bond acceptors (Lipinski definition) is 4. The molecule has 0 aliphatic rings. The maximum atomic E-state index is 11.9. The summed E-state index contributed by atoms with van der Waals surface area (Å²) in [6.07, 6.45) is 1.54. The molecule has 142 valence electrons. The average Bonchev–Trinajstić information content (AvgIpc) is 3.12. The molecule has 6 nitrogen and oxygen atoms in total. The molecule has 0 bridgehead atoms. The molecule has 1 amide bonds. The lowest BCUT2D eigenvalue weighted by molar-refractivity contribution is -0.120. The quantitative estimate of drug-likeness (QED) is 0.451. The maximum Gasteiger partial charge on any atom is 0.337 e. The van der Waals surface area contributed by atoms with Crippen LogP contribution in [0.4, 0.5) is 0 Å². The first-order chi connectivity index (χ1) is 13.4. The van der Waals surface area contributed by atoms with Gasteiger partial charge in [0.25, 0.3) is 0 Å². The number of aromatic carboxylic acids is 1. The van der Waals surface area contributed by atoms with E-state index in [0.29, 0.717) is 22.1 Å². The molecular weight excluding hydrogens is 403 g/mol. The first-order valence-corrected chi connectivity index (χ1v) is 8.87. The molecule has 0 saturated heterocycles. The minimum absolute atomic E-state index is 0.0159. The van der Waals surface area contributed by atoms with Gasteiger partial charge in [0.05, 0.1) is 23.2 Å². The molecule has 1 aromatic heterocycles. The number of carboxylic acid groups (broad SMARTS) is 1. The Bertz CT molecular complexity index is 1040. The lowest BCUT2D eigenvalue weighted by atomic mass is 10.1. The van der Waals surface area contributed by atoms with Crippen LogP contribution >= 0.6 is 23.2 Å². The van der Waals surface area contributed by atoms with Crippen molar-refractivity contribution >= 4 is 41.3 Å². The Kier molecular flexibility index (Phi) is 6.13. The summed E-state index contributed by atoms with van der Waals surface area (Å²) in [6.45, 7) is 0. The molecule has 0 radical (unpaired) electrons. The number of carbonyl (C=O) groups is 2. The summed E-state index contributed by atoms with van der Waals surface area (Å²) < 4.78 is 5.62. The van der Waals surface area contributed by atoms with Crippen LogP contribution in [-0.4, -0.2) is 23.2 Å². The second-order valence-electron chi connectivity index (χ2n) is 5.80. The van der Waals surface area contributed by atoms with Crippen molar-refractivity contribution in [1.29, 1.82) is 0 Å². The molecule has 3 aromatic rings. The summed E-state index contributed by atoms with van der Waals surface area (Å²) in [5.41, 5.74) is 3.88. The zero-order valence-corrected chi connectivity index (χ0v) is 15.9. The summed E-state index contributed by atoms with van der Waals surface area (Å²) in [6, 6.07) is 14.9. The van der Waals surface area contributed by atoms with Gasteiger partial charge in [-0.2, -0.15) is 5.10 Å². The summed E-state index contributed by atoms with van der Waals surface area (Å²) >= 11 is 11.8. The number of carbonyl (C=O) groups excluding carboxylic acids is 1. The van der Waals surface area contributed by atoms with E-state index >= 15 is 0 Å². The van der Waals surface area contributed by atoms with Crippen molar-refractivity contribution < 1.29 is 19.1 Å². The van der Waals surface area contributed by atoms with Crippen molar-refractivity contribution in [1.82, 2.24) is 5.43 Å². The number of nitrogens with zero attached hydrogens (tertiary/aromatic N) is 1. The van der Waals surface area contributed by atoms with E-state index in [4.69, 9.17) is 32.7 Å². The van der Waals surface area contributed by atoms with Gasteiger partial charge in [-0.25, -0.2) is 10.2 Å². The second-order valence-corrected chi connectivity index (χ2v) is 6.64. The number of amides is 1. The van der Waals surface area contributed by atoms with Gasteiger partial charge in [-0.1, -0.05) is 41.4 Å². The van der Waals surface area contributed by atoms with E-state index in [9.17, 15) is 9.59 Å². The molecule has 28 heavy (non-hydrogen) atoms. The molecular formula is C20H14Cl2N2O4. The Morgan fingerprint density at radius 2 is 1.82 bits per heavy atom. The standard InChI is InChI=1S/C20H14Cl2N2O4/c21-14-4-1-12(2-5-14)9-19(25)24-23-11-15-6-8-18(28-15)13-3-7-16(20(26)27)17(22)10-13/h1-8,10-11H,9H2,(H,24,25)(H,26,27)/b23-11-. The fourth-order valence-corrected chi connectivity index (χ4v) is 2.80. The third-order valence-electron chi connectivity index (χ3n) is 3.77. The predicted molar refractivity (Wildman–Crippen MR) is 107 cm³/mol. The van der Waals surface area contributed by atoms with Gasteiger partial charge < -0.3 is 9.52 Å². The monoisotopic (exact) mass is 416 g/mol. The van der Waals surface area contributed by atoms with Gasteiger partial charge >= 0.3 is 5.97 Å². The molecule has 0 unspecified atom stereocenters. The minimum Gasteiger partial charge on any atom is -0.478 e. The molecule has 3 rings (SSSR count). The van der Waals surface area contributed by atoms with E-state index in [-0.39, 0.29) is 22.9 Å². The predicted octanol–water partition coefficient (Wildman–Crippen LogP) is 4.64. The summed E-state index contributed by atoms with van der Waals surface area (Å²) in [5.74, 6) is -0.465. The molecule has 0 atom stereocenters. The highest BCUT2D eigenvalue weighted by atomic mass is 35.5. The van der Waals surface area contributed by atoms with Gasteiger partial charge in [0.2, 0.25) is 5.91 Å². The van der Waals surface area contributed by atoms with Gasteiger partial charge in [-0.15, -0.1) is 0 Å². The molecule has 0 aliphatic carbocycles. The zero-order chi connectivity index (χ0) is 20.1. The molecule has 0 saturated carbocycles. The maximum absolute atomic E-state index is 11.9. The van der Waals surface area contributed by atoms with Crippen LogP contribution in [0.1, 0.15) is 21.7 Å². The van der Waals surface area contributed by atoms with Crippen LogP contribution in [-0.2, 0) is 11.2 Å². The van der Waals surface area contributed by atoms with E-state index in [0.717, 1.165) is 5.56 Å². The molecule has 8 heteroatoms. The largest absolute Gasteiger partial charge is 0.478 e. The molecule has 1 heterocycles. The number of halogens is 2. The highest BCUT2D eigenvalue weighted by Crippen LogP contribution is 2.27. The number of nitrogens with one attached hydrogen (secondary N) is 1. The van der Waals surface area contributed by atoms with Gasteiger partial charge in [-0.05, 0) is 42.0 Å². The van der Waals surface area contributed by atoms with Crippen LogP contribution in [0.3, 0.4) is 0 Å². The first-order valence-electron chi connectivity index (χ1n) is 8.12. The third-order valence-corrected chi connectivity index (χ3v) is 4.33. The van der Waals surface area contributed by atoms with Crippen molar-refractivity contribution in [3.63, 3.8) is 0 Å². The van der Waals surface area contributed by atoms with E-state index in [1.807, 2.05) is 0 Å². The Morgan fingerprint density at radius 3 is 2.50 bits per heavy atom. The van der Waals surface area contributed by atoms with Crippen molar-refractivity contribution in [2.75, 3.05) is 0 Å². The molecule has 0 fully saturated rings. The van der Waals surface area contributed by atoms with Crippen molar-refractivity contribution in [3.05, 3.63) is 81.5 Å². The molecule has 0 aliphatic heterocycles. The van der Waals surface area contributed by atoms with E-state index in [1.54, 1.807) is 42.5 Å². The SMILES string of the molecule is O=C(Cc1ccc(Cl)cc1)N/N=C\c1ccc(-c2ccc(C(=O)O)c(Cl)c2)o1. The van der Waals surface area contributed by atoms with Crippen molar-refractivity contribution in [3.8, 4) is 11.3 Å². The summed E-state index contributed by atoms with van der Waals surface area (Å²) in [7, 11) is 0. The van der Waals surface area contributed by atoms with Gasteiger partial charge in [0, 0.05) is 10.6 Å². The van der Waals surface area contributed by atoms with Crippen molar-refractivity contribution in [2.24, 2.45) is 5.10 Å². The fraction of sp³-hybridized carbons (Fsp3) is 0.0500. The minimum atomic E-state index is -1.10. The van der Waals surface area contributed by atoms with E-state index in [1.165, 1.54) is 18.3 Å². The van der Waals surface area contributed by atoms with Crippen LogP contribution < -0.4 is 5.43 Å². The lowest BCUT2D eigenvalue weighted by Crippen LogP contribution is -2.19. The number of benzene rings is 2. The second kappa shape index (κ2) is 8.73. The first kappa shape index (κ1) is 19.7. The Morgan fingerprint density at radius 1 is 1.07 bits per heavy atom. The summed E-state index contributed by atoms with van der Waals surface area (Å²) in [4.78, 5) is 22.9. The Hall–Kier alpha value is -3.09. The molecule has 0 spiro atoms. The Labute approximate surface area is 170 Å². The topological polar surface area (TPSA) is 91.9 Å². The van der Waals surface area contributed by atoms with Crippen LogP contribution in [0.5, 0.6) is 0 Å². The number of carboxylic acids is 1. The lowest BCUT2D eigenvalue weighted by Gasteiger charge is -2.01. The highest BCUT2D eigenvalue weighted by Gasteiger charge is 2.11. The fourth-order valence-electron chi connectivity index (χ4n) is 2.41. The normalized spacial score (nSPS) is 10.9. The van der Waals surface area contributed by atoms with Crippen molar-refractivity contribution in [2.45, 2.75) is 6.42 Å². The highest BCUT2D eigenvalue weighted by molar-refractivity contribution is 6.33. The van der Waals surface area contributed by atoms with Crippen LogP contribution in [0, 0.1) is 0 Å². The van der Waals surface area contributed by atoms with Crippen LogP contribution in [0.2, 0.25) is 10.0 Å². The number of furan rings is 1. The van der Waals surface area contributed by atoms with Crippen LogP contribution in [0.25, 0.3) is 11.3 Å². The Balaban J connectivity index is 1.61. The third kappa shape index (κ3) is 5.00. The molecule has 2 N–H and O–H groups in total.